The molecule has 0 fully saturated rings. The van der Waals surface area contributed by atoms with Crippen molar-refractivity contribution in [1.82, 2.24) is 4.31 Å². The van der Waals surface area contributed by atoms with E-state index in [9.17, 15) is 13.2 Å². The SMILES string of the molecule is COc1ccc(S(=O)(=O)N(CCc2ccccc2)CC(=O)Nc2cc(Cl)ccc2C)cc1OC. The van der Waals surface area contributed by atoms with Crippen LogP contribution >= 0.6 is 11.6 Å². The first-order chi connectivity index (χ1) is 16.2. The van der Waals surface area contributed by atoms with E-state index in [1.807, 2.05) is 37.3 Å². The molecular formula is C25H27ClN2O5S. The van der Waals surface area contributed by atoms with Gasteiger partial charge in [-0.15, -0.1) is 0 Å². The smallest absolute Gasteiger partial charge is 0.243 e. The maximum atomic E-state index is 13.6. The molecule has 1 N–H and O–H groups in total. The minimum absolute atomic E-state index is 0.00458. The van der Waals surface area contributed by atoms with Gasteiger partial charge in [-0.1, -0.05) is 48.0 Å². The Morgan fingerprint density at radius 1 is 0.971 bits per heavy atom. The number of carbonyl (C=O) groups is 1. The number of anilines is 1. The lowest BCUT2D eigenvalue weighted by atomic mass is 10.1. The van der Waals surface area contributed by atoms with Crippen LogP contribution in [0.2, 0.25) is 5.02 Å². The standard InChI is InChI=1S/C25H27ClN2O5S/c1-18-9-10-20(26)15-22(18)27-25(29)17-28(14-13-19-7-5-4-6-8-19)34(30,31)21-11-12-23(32-2)24(16-21)33-3/h4-12,15-16H,13-14,17H2,1-3H3,(H,27,29). The Hall–Kier alpha value is -3.07. The number of nitrogens with one attached hydrogen (secondary N) is 1. The molecule has 0 saturated carbocycles. The van der Waals surface area contributed by atoms with E-state index in [1.165, 1.54) is 32.4 Å². The molecule has 0 saturated heterocycles. The molecule has 0 aliphatic rings. The molecule has 180 valence electrons. The first-order valence-electron chi connectivity index (χ1n) is 10.6. The molecule has 0 spiro atoms. The number of amides is 1. The molecule has 0 unspecified atom stereocenters. The summed E-state index contributed by atoms with van der Waals surface area (Å²) in [4.78, 5) is 12.9. The molecule has 0 aromatic heterocycles. The van der Waals surface area contributed by atoms with Crippen molar-refractivity contribution in [3.8, 4) is 11.5 Å². The highest BCUT2D eigenvalue weighted by molar-refractivity contribution is 7.89. The lowest BCUT2D eigenvalue weighted by molar-refractivity contribution is -0.116. The fourth-order valence-electron chi connectivity index (χ4n) is 3.39. The van der Waals surface area contributed by atoms with Gasteiger partial charge in [0.05, 0.1) is 25.7 Å². The molecule has 1 amide bonds. The molecule has 3 aromatic rings. The number of ether oxygens (including phenoxy) is 2. The summed E-state index contributed by atoms with van der Waals surface area (Å²) in [7, 11) is -1.12. The van der Waals surface area contributed by atoms with E-state index in [-0.39, 0.29) is 23.7 Å². The monoisotopic (exact) mass is 502 g/mol. The van der Waals surface area contributed by atoms with Gasteiger partial charge in [-0.05, 0) is 48.7 Å². The topological polar surface area (TPSA) is 84.9 Å². The largest absolute Gasteiger partial charge is 0.493 e. The number of benzene rings is 3. The van der Waals surface area contributed by atoms with Crippen LogP contribution < -0.4 is 14.8 Å². The number of methoxy groups -OCH3 is 2. The molecule has 7 nitrogen and oxygen atoms in total. The lowest BCUT2D eigenvalue weighted by Crippen LogP contribution is -2.39. The summed E-state index contributed by atoms with van der Waals surface area (Å²) in [6.45, 7) is 1.58. The third-order valence-electron chi connectivity index (χ3n) is 5.28. The van der Waals surface area contributed by atoms with Crippen LogP contribution in [0.4, 0.5) is 5.69 Å². The van der Waals surface area contributed by atoms with Crippen LogP contribution in [0, 0.1) is 6.92 Å². The predicted molar refractivity (Wildman–Crippen MR) is 133 cm³/mol. The molecule has 0 atom stereocenters. The zero-order valence-electron chi connectivity index (χ0n) is 19.2. The van der Waals surface area contributed by atoms with Crippen LogP contribution in [0.15, 0.2) is 71.6 Å². The van der Waals surface area contributed by atoms with Crippen LogP contribution in [0.25, 0.3) is 0 Å². The average molecular weight is 503 g/mol. The average Bonchev–Trinajstić information content (AvgIpc) is 2.84. The fourth-order valence-corrected chi connectivity index (χ4v) is 4.97. The Labute approximate surface area is 205 Å². The van der Waals surface area contributed by atoms with Gasteiger partial charge in [-0.3, -0.25) is 4.79 Å². The van der Waals surface area contributed by atoms with E-state index in [0.29, 0.717) is 22.9 Å². The maximum Gasteiger partial charge on any atom is 0.243 e. The highest BCUT2D eigenvalue weighted by Gasteiger charge is 2.28. The van der Waals surface area contributed by atoms with Crippen molar-refractivity contribution in [1.29, 1.82) is 0 Å². The number of aryl methyl sites for hydroxylation is 1. The van der Waals surface area contributed by atoms with Gasteiger partial charge in [0.2, 0.25) is 15.9 Å². The third-order valence-corrected chi connectivity index (χ3v) is 7.36. The summed E-state index contributed by atoms with van der Waals surface area (Å²) in [5.74, 6) is 0.222. The summed E-state index contributed by atoms with van der Waals surface area (Å²) in [6, 6.07) is 19.0. The highest BCUT2D eigenvalue weighted by Crippen LogP contribution is 2.31. The summed E-state index contributed by atoms with van der Waals surface area (Å²) in [5, 5.41) is 3.24. The van der Waals surface area contributed by atoms with Gasteiger partial charge >= 0.3 is 0 Å². The number of hydrogen-bond donors (Lipinski definition) is 1. The Morgan fingerprint density at radius 3 is 2.35 bits per heavy atom. The number of hydrogen-bond acceptors (Lipinski definition) is 5. The van der Waals surface area contributed by atoms with Gasteiger partial charge in [0.25, 0.3) is 0 Å². The van der Waals surface area contributed by atoms with Crippen molar-refractivity contribution in [3.05, 3.63) is 82.9 Å². The Balaban J connectivity index is 1.89. The van der Waals surface area contributed by atoms with Crippen molar-refractivity contribution in [2.45, 2.75) is 18.2 Å². The second kappa shape index (κ2) is 11.4. The third kappa shape index (κ3) is 6.28. The van der Waals surface area contributed by atoms with Crippen LogP contribution in [-0.2, 0) is 21.2 Å². The van der Waals surface area contributed by atoms with E-state index < -0.39 is 15.9 Å². The number of nitrogens with zero attached hydrogens (tertiary/aromatic N) is 1. The summed E-state index contributed by atoms with van der Waals surface area (Å²) >= 11 is 6.05. The van der Waals surface area contributed by atoms with Crippen LogP contribution in [0.1, 0.15) is 11.1 Å². The first kappa shape index (κ1) is 25.6. The van der Waals surface area contributed by atoms with E-state index in [0.717, 1.165) is 15.4 Å². The normalized spacial score (nSPS) is 11.3. The quantitative estimate of drug-likeness (QED) is 0.440. The predicted octanol–water partition coefficient (Wildman–Crippen LogP) is 4.54. The number of rotatable bonds is 10. The molecule has 34 heavy (non-hydrogen) atoms. The van der Waals surface area contributed by atoms with E-state index in [1.54, 1.807) is 18.2 Å². The van der Waals surface area contributed by atoms with Gasteiger partial charge in [0.1, 0.15) is 0 Å². The summed E-state index contributed by atoms with van der Waals surface area (Å²) < 4.78 is 38.8. The molecule has 0 heterocycles. The van der Waals surface area contributed by atoms with Crippen molar-refractivity contribution < 1.29 is 22.7 Å². The van der Waals surface area contributed by atoms with Gasteiger partial charge in [-0.25, -0.2) is 8.42 Å². The minimum atomic E-state index is -4.02. The number of halogens is 1. The lowest BCUT2D eigenvalue weighted by Gasteiger charge is -2.23. The molecule has 3 rings (SSSR count). The molecule has 9 heteroatoms. The van der Waals surface area contributed by atoms with Crippen molar-refractivity contribution in [2.75, 3.05) is 32.6 Å². The number of carbonyl (C=O) groups excluding carboxylic acids is 1. The molecule has 3 aromatic carbocycles. The molecule has 0 bridgehead atoms. The minimum Gasteiger partial charge on any atom is -0.493 e. The van der Waals surface area contributed by atoms with E-state index in [4.69, 9.17) is 21.1 Å². The summed E-state index contributed by atoms with van der Waals surface area (Å²) in [5.41, 5.74) is 2.31. The van der Waals surface area contributed by atoms with Crippen molar-refractivity contribution >= 4 is 33.2 Å². The first-order valence-corrected chi connectivity index (χ1v) is 12.4. The maximum absolute atomic E-state index is 13.6. The van der Waals surface area contributed by atoms with Crippen molar-refractivity contribution in [3.63, 3.8) is 0 Å². The van der Waals surface area contributed by atoms with Gasteiger partial charge < -0.3 is 14.8 Å². The zero-order valence-corrected chi connectivity index (χ0v) is 20.8. The van der Waals surface area contributed by atoms with Crippen LogP contribution in [0.3, 0.4) is 0 Å². The zero-order chi connectivity index (χ0) is 24.7. The van der Waals surface area contributed by atoms with Crippen LogP contribution in [-0.4, -0.2) is 45.9 Å². The highest BCUT2D eigenvalue weighted by atomic mass is 35.5. The molecule has 0 aliphatic carbocycles. The Morgan fingerprint density at radius 2 is 1.68 bits per heavy atom. The van der Waals surface area contributed by atoms with Gasteiger partial charge in [-0.2, -0.15) is 4.31 Å². The molecular weight excluding hydrogens is 476 g/mol. The van der Waals surface area contributed by atoms with Gasteiger partial charge in [0.15, 0.2) is 11.5 Å². The molecule has 0 radical (unpaired) electrons. The Kier molecular flexibility index (Phi) is 8.55. The van der Waals surface area contributed by atoms with E-state index in [2.05, 4.69) is 5.32 Å². The second-order valence-electron chi connectivity index (χ2n) is 7.60. The summed E-state index contributed by atoms with van der Waals surface area (Å²) in [6.07, 6.45) is 0.441. The fraction of sp³-hybridized carbons (Fsp3) is 0.240. The number of sulfonamides is 1. The molecule has 0 aliphatic heterocycles. The van der Waals surface area contributed by atoms with Crippen molar-refractivity contribution in [2.24, 2.45) is 0 Å². The van der Waals surface area contributed by atoms with Crippen LogP contribution in [0.5, 0.6) is 11.5 Å². The van der Waals surface area contributed by atoms with Gasteiger partial charge in [0, 0.05) is 23.3 Å². The second-order valence-corrected chi connectivity index (χ2v) is 9.97. The Bertz CT molecular complexity index is 1250. The van der Waals surface area contributed by atoms with E-state index >= 15 is 0 Å².